The number of rotatable bonds is 13. The summed E-state index contributed by atoms with van der Waals surface area (Å²) in [5, 5.41) is 3.02. The molecule has 0 unspecified atom stereocenters. The minimum atomic E-state index is -0.735. The maximum absolute atomic E-state index is 13.7. The third kappa shape index (κ3) is 8.27. The van der Waals surface area contributed by atoms with E-state index in [1.807, 2.05) is 80.6 Å². The number of nitrogens with one attached hydrogen (secondary N) is 1. The van der Waals surface area contributed by atoms with Gasteiger partial charge in [0.05, 0.1) is 14.2 Å². The summed E-state index contributed by atoms with van der Waals surface area (Å²) in [5.41, 5.74) is 1.81. The molecule has 7 nitrogen and oxygen atoms in total. The Morgan fingerprint density at radius 3 is 2.19 bits per heavy atom. The van der Waals surface area contributed by atoms with Gasteiger partial charge < -0.3 is 24.4 Å². The quantitative estimate of drug-likeness (QED) is 0.371. The zero-order valence-electron chi connectivity index (χ0n) is 22.0. The summed E-state index contributed by atoms with van der Waals surface area (Å²) in [6.45, 7) is 4.56. The molecule has 0 saturated heterocycles. The highest BCUT2D eigenvalue weighted by Gasteiger charge is 2.31. The first kappa shape index (κ1) is 27.6. The smallest absolute Gasteiger partial charge is 0.261 e. The van der Waals surface area contributed by atoms with Gasteiger partial charge in [-0.2, -0.15) is 0 Å². The molecule has 0 bridgehead atoms. The van der Waals surface area contributed by atoms with Crippen molar-refractivity contribution in [2.45, 2.75) is 32.9 Å². The maximum atomic E-state index is 13.7. The Morgan fingerprint density at radius 2 is 1.51 bits per heavy atom. The van der Waals surface area contributed by atoms with E-state index in [1.54, 1.807) is 31.3 Å². The normalized spacial score (nSPS) is 11.5. The van der Waals surface area contributed by atoms with E-state index in [9.17, 15) is 9.59 Å². The average Bonchev–Trinajstić information content (AvgIpc) is 2.93. The van der Waals surface area contributed by atoms with E-state index in [1.165, 1.54) is 0 Å². The number of carbonyl (C=O) groups excluding carboxylic acids is 2. The first-order valence-electron chi connectivity index (χ1n) is 12.4. The highest BCUT2D eigenvalue weighted by molar-refractivity contribution is 5.88. The van der Waals surface area contributed by atoms with Crippen molar-refractivity contribution in [3.05, 3.63) is 90.0 Å². The van der Waals surface area contributed by atoms with Gasteiger partial charge in [0, 0.05) is 19.5 Å². The van der Waals surface area contributed by atoms with Crippen molar-refractivity contribution in [2.24, 2.45) is 5.92 Å². The van der Waals surface area contributed by atoms with E-state index < -0.39 is 6.04 Å². The van der Waals surface area contributed by atoms with Gasteiger partial charge in [0.25, 0.3) is 5.91 Å². The fourth-order valence-electron chi connectivity index (χ4n) is 3.90. The molecule has 37 heavy (non-hydrogen) atoms. The number of hydrogen-bond donors (Lipinski definition) is 1. The molecule has 1 atom stereocenters. The third-order valence-electron chi connectivity index (χ3n) is 5.86. The molecule has 0 saturated carbocycles. The number of nitrogens with zero attached hydrogens (tertiary/aromatic N) is 1. The van der Waals surface area contributed by atoms with E-state index in [0.29, 0.717) is 30.2 Å². The lowest BCUT2D eigenvalue weighted by Crippen LogP contribution is -2.52. The van der Waals surface area contributed by atoms with Gasteiger partial charge in [-0.1, -0.05) is 68.4 Å². The molecule has 0 fully saturated rings. The lowest BCUT2D eigenvalue weighted by atomic mass is 10.0. The van der Waals surface area contributed by atoms with Crippen molar-refractivity contribution in [2.75, 3.05) is 27.4 Å². The number of benzene rings is 3. The SMILES string of the molecule is COc1cccc(CN(C(=O)COc2ccccc2OC)[C@H](Cc2ccccc2)C(=O)NCC(C)C)c1. The molecule has 3 aromatic rings. The Hall–Kier alpha value is -4.00. The summed E-state index contributed by atoms with van der Waals surface area (Å²) in [6, 6.07) is 23.6. The van der Waals surface area contributed by atoms with Gasteiger partial charge in [-0.3, -0.25) is 9.59 Å². The second-order valence-corrected chi connectivity index (χ2v) is 9.16. The first-order valence-corrected chi connectivity index (χ1v) is 12.4. The summed E-state index contributed by atoms with van der Waals surface area (Å²) >= 11 is 0. The van der Waals surface area contributed by atoms with Crippen LogP contribution in [0.1, 0.15) is 25.0 Å². The van der Waals surface area contributed by atoms with Crippen LogP contribution < -0.4 is 19.5 Å². The maximum Gasteiger partial charge on any atom is 0.261 e. The fraction of sp³-hybridized carbons (Fsp3) is 0.333. The highest BCUT2D eigenvalue weighted by Crippen LogP contribution is 2.26. The van der Waals surface area contributed by atoms with Crippen LogP contribution in [0.5, 0.6) is 17.2 Å². The molecule has 196 valence electrons. The zero-order valence-corrected chi connectivity index (χ0v) is 22.0. The number of para-hydroxylation sites is 2. The van der Waals surface area contributed by atoms with Crippen molar-refractivity contribution < 1.29 is 23.8 Å². The first-order chi connectivity index (χ1) is 17.9. The average molecular weight is 505 g/mol. The molecule has 0 aliphatic rings. The molecule has 0 heterocycles. The number of hydrogen-bond acceptors (Lipinski definition) is 5. The van der Waals surface area contributed by atoms with Crippen molar-refractivity contribution in [3.8, 4) is 17.2 Å². The number of amides is 2. The lowest BCUT2D eigenvalue weighted by Gasteiger charge is -2.32. The van der Waals surface area contributed by atoms with Crippen LogP contribution in [0.15, 0.2) is 78.9 Å². The molecular weight excluding hydrogens is 468 g/mol. The van der Waals surface area contributed by atoms with Gasteiger partial charge in [0.15, 0.2) is 18.1 Å². The van der Waals surface area contributed by atoms with Crippen molar-refractivity contribution in [3.63, 3.8) is 0 Å². The Kier molecular flexibility index (Phi) is 10.4. The number of methoxy groups -OCH3 is 2. The topological polar surface area (TPSA) is 77.1 Å². The largest absolute Gasteiger partial charge is 0.497 e. The third-order valence-corrected chi connectivity index (χ3v) is 5.86. The van der Waals surface area contributed by atoms with Gasteiger partial charge in [-0.25, -0.2) is 0 Å². The van der Waals surface area contributed by atoms with E-state index in [4.69, 9.17) is 14.2 Å². The van der Waals surface area contributed by atoms with Crippen LogP contribution in [-0.2, 0) is 22.6 Å². The van der Waals surface area contributed by atoms with Crippen LogP contribution in [0.4, 0.5) is 0 Å². The molecule has 0 radical (unpaired) electrons. The van der Waals surface area contributed by atoms with Crippen LogP contribution >= 0.6 is 0 Å². The Morgan fingerprint density at radius 1 is 0.838 bits per heavy atom. The molecule has 2 amide bonds. The molecule has 1 N–H and O–H groups in total. The highest BCUT2D eigenvalue weighted by atomic mass is 16.5. The van der Waals surface area contributed by atoms with Crippen LogP contribution in [0.3, 0.4) is 0 Å². The van der Waals surface area contributed by atoms with Gasteiger partial charge in [-0.15, -0.1) is 0 Å². The van der Waals surface area contributed by atoms with E-state index in [-0.39, 0.29) is 30.9 Å². The standard InChI is InChI=1S/C30H36N2O5/c1-22(2)19-31-30(34)26(18-23-11-6-5-7-12-23)32(20-24-13-10-14-25(17-24)35-3)29(33)21-37-28-16-9-8-15-27(28)36-4/h5-17,22,26H,18-21H2,1-4H3,(H,31,34)/t26-/m1/s1. The predicted octanol–water partition coefficient (Wildman–Crippen LogP) is 4.49. The molecule has 7 heteroatoms. The van der Waals surface area contributed by atoms with Crippen molar-refractivity contribution >= 4 is 11.8 Å². The van der Waals surface area contributed by atoms with E-state index >= 15 is 0 Å². The van der Waals surface area contributed by atoms with Crippen LogP contribution in [0, 0.1) is 5.92 Å². The summed E-state index contributed by atoms with van der Waals surface area (Å²) in [6.07, 6.45) is 0.370. The zero-order chi connectivity index (χ0) is 26.6. The van der Waals surface area contributed by atoms with Gasteiger partial charge >= 0.3 is 0 Å². The molecule has 0 aliphatic carbocycles. The monoisotopic (exact) mass is 504 g/mol. The van der Waals surface area contributed by atoms with Gasteiger partial charge in [-0.05, 0) is 41.3 Å². The van der Waals surface area contributed by atoms with Crippen molar-refractivity contribution in [1.82, 2.24) is 10.2 Å². The summed E-state index contributed by atoms with van der Waals surface area (Å²) in [7, 11) is 3.15. The Balaban J connectivity index is 1.93. The Bertz CT molecular complexity index is 1150. The lowest BCUT2D eigenvalue weighted by molar-refractivity contribution is -0.142. The fourth-order valence-corrected chi connectivity index (χ4v) is 3.90. The number of carbonyl (C=O) groups is 2. The second kappa shape index (κ2) is 13.9. The predicted molar refractivity (Wildman–Crippen MR) is 144 cm³/mol. The summed E-state index contributed by atoms with van der Waals surface area (Å²) in [5.74, 6) is 1.44. The van der Waals surface area contributed by atoms with Gasteiger partial charge in [0.1, 0.15) is 11.8 Å². The van der Waals surface area contributed by atoms with Crippen LogP contribution in [0.25, 0.3) is 0 Å². The molecule has 3 rings (SSSR count). The minimum Gasteiger partial charge on any atom is -0.497 e. The van der Waals surface area contributed by atoms with Crippen LogP contribution in [0.2, 0.25) is 0 Å². The number of ether oxygens (including phenoxy) is 3. The summed E-state index contributed by atoms with van der Waals surface area (Å²) in [4.78, 5) is 28.8. The van der Waals surface area contributed by atoms with Crippen LogP contribution in [-0.4, -0.2) is 50.1 Å². The molecule has 0 aromatic heterocycles. The molecule has 0 aliphatic heterocycles. The van der Waals surface area contributed by atoms with Gasteiger partial charge in [0.2, 0.25) is 5.91 Å². The molecule has 3 aromatic carbocycles. The second-order valence-electron chi connectivity index (χ2n) is 9.16. The minimum absolute atomic E-state index is 0.203. The Labute approximate surface area is 219 Å². The van der Waals surface area contributed by atoms with E-state index in [2.05, 4.69) is 5.32 Å². The molecule has 0 spiro atoms. The molecular formula is C30H36N2O5. The van der Waals surface area contributed by atoms with Crippen molar-refractivity contribution in [1.29, 1.82) is 0 Å². The summed E-state index contributed by atoms with van der Waals surface area (Å²) < 4.78 is 16.6. The van der Waals surface area contributed by atoms with E-state index in [0.717, 1.165) is 11.1 Å².